The molecule has 1 aliphatic heterocycles. The van der Waals surface area contributed by atoms with Gasteiger partial charge in [-0.15, -0.1) is 17.9 Å². The van der Waals surface area contributed by atoms with Gasteiger partial charge in [0.15, 0.2) is 5.65 Å². The minimum atomic E-state index is -0.125. The fraction of sp³-hybridized carbons (Fsp3) is 0.320. The Bertz CT molecular complexity index is 1400. The van der Waals surface area contributed by atoms with Crippen LogP contribution < -0.4 is 16.2 Å². The number of anilines is 2. The molecule has 0 saturated carbocycles. The number of hydrogen-bond donors (Lipinski definition) is 2. The van der Waals surface area contributed by atoms with Crippen LogP contribution in [0.2, 0.25) is 0 Å². The van der Waals surface area contributed by atoms with Crippen molar-refractivity contribution < 1.29 is 0 Å². The van der Waals surface area contributed by atoms with E-state index in [1.165, 1.54) is 16.0 Å². The summed E-state index contributed by atoms with van der Waals surface area (Å²) in [4.78, 5) is 23.6. The second-order valence-corrected chi connectivity index (χ2v) is 10.3. The van der Waals surface area contributed by atoms with Crippen LogP contribution in [0.5, 0.6) is 0 Å². The molecule has 170 valence electrons. The predicted octanol–water partition coefficient (Wildman–Crippen LogP) is 4.52. The molecule has 0 bridgehead atoms. The van der Waals surface area contributed by atoms with Gasteiger partial charge in [0.1, 0.15) is 5.39 Å². The zero-order valence-corrected chi connectivity index (χ0v) is 20.0. The topological polar surface area (TPSA) is 76.8 Å². The quantitative estimate of drug-likeness (QED) is 0.429. The molecular weight excluding hydrogens is 432 g/mol. The van der Waals surface area contributed by atoms with E-state index in [1.54, 1.807) is 28.3 Å². The van der Waals surface area contributed by atoms with Gasteiger partial charge in [-0.05, 0) is 47.7 Å². The highest BCUT2D eigenvalue weighted by Gasteiger charge is 2.21. The first-order valence-electron chi connectivity index (χ1n) is 11.1. The van der Waals surface area contributed by atoms with Crippen LogP contribution in [0.15, 0.2) is 53.3 Å². The van der Waals surface area contributed by atoms with Crippen LogP contribution in [0.25, 0.3) is 16.7 Å². The maximum atomic E-state index is 13.1. The van der Waals surface area contributed by atoms with Crippen LogP contribution >= 0.6 is 11.3 Å². The van der Waals surface area contributed by atoms with Crippen molar-refractivity contribution in [1.29, 1.82) is 0 Å². The molecule has 0 amide bonds. The average molecular weight is 461 g/mol. The molecule has 4 heterocycles. The maximum absolute atomic E-state index is 13.1. The van der Waals surface area contributed by atoms with Crippen molar-refractivity contribution in [3.63, 3.8) is 0 Å². The van der Waals surface area contributed by atoms with Gasteiger partial charge < -0.3 is 10.6 Å². The number of allylic oxidation sites excluding steroid dienone is 1. The lowest BCUT2D eigenvalue weighted by Gasteiger charge is -2.18. The van der Waals surface area contributed by atoms with Crippen LogP contribution in [-0.2, 0) is 24.9 Å². The van der Waals surface area contributed by atoms with E-state index >= 15 is 0 Å². The van der Waals surface area contributed by atoms with Crippen molar-refractivity contribution in [3.8, 4) is 5.69 Å². The SMILES string of the molecule is C=CCn1c(=O)c2cnc(Nc3ccc4c(c3)CNCC4)nc2n1-c1csc(C(C)(C)C)c1. The first-order chi connectivity index (χ1) is 15.8. The molecular formula is C25H28N6OS. The van der Waals surface area contributed by atoms with Gasteiger partial charge in [-0.1, -0.05) is 32.9 Å². The van der Waals surface area contributed by atoms with Gasteiger partial charge in [0.25, 0.3) is 5.56 Å². The predicted molar refractivity (Wildman–Crippen MR) is 135 cm³/mol. The highest BCUT2D eigenvalue weighted by atomic mass is 32.1. The smallest absolute Gasteiger partial charge is 0.278 e. The van der Waals surface area contributed by atoms with Gasteiger partial charge >= 0.3 is 0 Å². The van der Waals surface area contributed by atoms with E-state index in [-0.39, 0.29) is 11.0 Å². The molecule has 3 aromatic heterocycles. The third-order valence-electron chi connectivity index (χ3n) is 5.90. The zero-order chi connectivity index (χ0) is 23.2. The standard InChI is InChI=1S/C25H28N6OS/c1-5-10-30-23(32)20-14-27-24(28-18-7-6-16-8-9-26-13-17(16)11-18)29-22(20)31(30)19-12-21(33-15-19)25(2,3)4/h5-7,11-12,14-15,26H,1,8-10,13H2,2-4H3,(H,27,28,29). The number of nitrogens with one attached hydrogen (secondary N) is 2. The molecule has 0 saturated heterocycles. The number of rotatable bonds is 5. The number of aromatic nitrogens is 4. The first-order valence-corrected chi connectivity index (χ1v) is 12.0. The van der Waals surface area contributed by atoms with Crippen molar-refractivity contribution in [3.05, 3.63) is 74.9 Å². The van der Waals surface area contributed by atoms with Crippen molar-refractivity contribution in [1.82, 2.24) is 24.6 Å². The zero-order valence-electron chi connectivity index (χ0n) is 19.2. The molecule has 1 aliphatic rings. The Kier molecular flexibility index (Phi) is 5.42. The lowest BCUT2D eigenvalue weighted by molar-refractivity contribution is 0.595. The minimum absolute atomic E-state index is 0.0262. The Morgan fingerprint density at radius 2 is 2.12 bits per heavy atom. The molecule has 33 heavy (non-hydrogen) atoms. The Labute approximate surface area is 196 Å². The summed E-state index contributed by atoms with van der Waals surface area (Å²) in [5, 5.41) is 9.29. The molecule has 0 radical (unpaired) electrons. The molecule has 2 N–H and O–H groups in total. The molecule has 4 aromatic rings. The molecule has 8 heteroatoms. The van der Waals surface area contributed by atoms with Crippen LogP contribution in [0, 0.1) is 0 Å². The monoisotopic (exact) mass is 460 g/mol. The van der Waals surface area contributed by atoms with Crippen LogP contribution in [-0.4, -0.2) is 25.9 Å². The van der Waals surface area contributed by atoms with Gasteiger partial charge in [0.05, 0.1) is 12.2 Å². The highest BCUT2D eigenvalue weighted by molar-refractivity contribution is 7.10. The van der Waals surface area contributed by atoms with Crippen molar-refractivity contribution in [2.75, 3.05) is 11.9 Å². The Morgan fingerprint density at radius 3 is 2.88 bits per heavy atom. The summed E-state index contributed by atoms with van der Waals surface area (Å²) >= 11 is 1.69. The molecule has 0 fully saturated rings. The second-order valence-electron chi connectivity index (χ2n) is 9.37. The lowest BCUT2D eigenvalue weighted by Crippen LogP contribution is -2.23. The van der Waals surface area contributed by atoms with Gasteiger partial charge in [-0.2, -0.15) is 4.98 Å². The molecule has 0 atom stereocenters. The van der Waals surface area contributed by atoms with Crippen molar-refractivity contribution in [2.24, 2.45) is 0 Å². The Hall–Kier alpha value is -3.23. The summed E-state index contributed by atoms with van der Waals surface area (Å²) in [7, 11) is 0. The van der Waals surface area contributed by atoms with Crippen molar-refractivity contribution >= 4 is 34.0 Å². The second kappa shape index (κ2) is 8.28. The summed E-state index contributed by atoms with van der Waals surface area (Å²) in [5.74, 6) is 0.460. The van der Waals surface area contributed by atoms with Crippen molar-refractivity contribution in [2.45, 2.75) is 45.7 Å². The van der Waals surface area contributed by atoms with Crippen LogP contribution in [0.4, 0.5) is 11.6 Å². The van der Waals surface area contributed by atoms with E-state index in [2.05, 4.69) is 72.6 Å². The van der Waals surface area contributed by atoms with Gasteiger partial charge in [0.2, 0.25) is 5.95 Å². The van der Waals surface area contributed by atoms with E-state index in [4.69, 9.17) is 4.98 Å². The fourth-order valence-electron chi connectivity index (χ4n) is 4.16. The highest BCUT2D eigenvalue weighted by Crippen LogP contribution is 2.31. The Morgan fingerprint density at radius 1 is 1.27 bits per heavy atom. The Balaban J connectivity index is 1.59. The van der Waals surface area contributed by atoms with Crippen LogP contribution in [0.3, 0.4) is 0 Å². The average Bonchev–Trinajstić information content (AvgIpc) is 3.38. The summed E-state index contributed by atoms with van der Waals surface area (Å²) in [5.41, 5.74) is 4.99. The lowest BCUT2D eigenvalue weighted by atomic mass is 9.95. The summed E-state index contributed by atoms with van der Waals surface area (Å²) < 4.78 is 3.55. The third kappa shape index (κ3) is 4.00. The number of benzene rings is 1. The van der Waals surface area contributed by atoms with E-state index in [0.717, 1.165) is 30.9 Å². The summed E-state index contributed by atoms with van der Waals surface area (Å²) in [6, 6.07) is 8.49. The van der Waals surface area contributed by atoms with E-state index in [9.17, 15) is 4.79 Å². The molecule has 0 unspecified atom stereocenters. The molecule has 0 spiro atoms. The van der Waals surface area contributed by atoms with E-state index in [1.807, 2.05) is 4.68 Å². The number of thiophene rings is 1. The normalized spacial score (nSPS) is 13.8. The third-order valence-corrected chi connectivity index (χ3v) is 7.24. The number of nitrogens with zero attached hydrogens (tertiary/aromatic N) is 4. The molecule has 5 rings (SSSR count). The van der Waals surface area contributed by atoms with Gasteiger partial charge in [-0.3, -0.25) is 4.79 Å². The summed E-state index contributed by atoms with van der Waals surface area (Å²) in [6.07, 6.45) is 4.38. The fourth-order valence-corrected chi connectivity index (χ4v) is 5.11. The van der Waals surface area contributed by atoms with Gasteiger partial charge in [0, 0.05) is 28.7 Å². The number of fused-ring (bicyclic) bond motifs is 2. The van der Waals surface area contributed by atoms with Gasteiger partial charge in [-0.25, -0.2) is 14.3 Å². The summed E-state index contributed by atoms with van der Waals surface area (Å²) in [6.45, 7) is 12.7. The van der Waals surface area contributed by atoms with E-state index < -0.39 is 0 Å². The maximum Gasteiger partial charge on any atom is 0.278 e. The first kappa shape index (κ1) is 21.6. The largest absolute Gasteiger partial charge is 0.324 e. The van der Waals surface area contributed by atoms with E-state index in [0.29, 0.717) is 23.5 Å². The molecule has 7 nitrogen and oxygen atoms in total. The number of hydrogen-bond acceptors (Lipinski definition) is 6. The van der Waals surface area contributed by atoms with Crippen LogP contribution in [0.1, 0.15) is 36.8 Å². The molecule has 1 aromatic carbocycles. The molecule has 0 aliphatic carbocycles. The minimum Gasteiger partial charge on any atom is -0.324 e.